The molecular weight excluding hydrogens is 154 g/mol. The van der Waals surface area contributed by atoms with Gasteiger partial charge in [-0.25, -0.2) is 0 Å². The van der Waals surface area contributed by atoms with E-state index in [0.717, 1.165) is 6.42 Å². The largest absolute Gasteiger partial charge is 0.391 e. The van der Waals surface area contributed by atoms with Crippen LogP contribution in [-0.4, -0.2) is 35.1 Å². The van der Waals surface area contributed by atoms with Crippen molar-refractivity contribution in [1.29, 1.82) is 0 Å². The van der Waals surface area contributed by atoms with Gasteiger partial charge in [-0.2, -0.15) is 0 Å². The summed E-state index contributed by atoms with van der Waals surface area (Å²) in [6.07, 6.45) is 5.45. The van der Waals surface area contributed by atoms with Crippen molar-refractivity contribution in [3.8, 4) is 12.3 Å². The third-order valence-corrected chi connectivity index (χ3v) is 2.34. The number of nitrogens with zero attached hydrogens (tertiary/aromatic N) is 1. The Hall–Kier alpha value is -1.01. The highest BCUT2D eigenvalue weighted by atomic mass is 16.3. The van der Waals surface area contributed by atoms with Gasteiger partial charge in [0.05, 0.1) is 6.10 Å². The summed E-state index contributed by atoms with van der Waals surface area (Å²) in [6.45, 7) is 2.99. The Morgan fingerprint density at radius 1 is 1.75 bits per heavy atom. The van der Waals surface area contributed by atoms with Gasteiger partial charge >= 0.3 is 0 Å². The third kappa shape index (κ3) is 1.59. The zero-order valence-electron chi connectivity index (χ0n) is 7.16. The van der Waals surface area contributed by atoms with Gasteiger partial charge in [-0.05, 0) is 12.3 Å². The molecule has 0 bridgehead atoms. The molecule has 3 nitrogen and oxygen atoms in total. The number of terminal acetylenes is 1. The van der Waals surface area contributed by atoms with Gasteiger partial charge in [-0.1, -0.05) is 6.92 Å². The average Bonchev–Trinajstić information content (AvgIpc) is 2.45. The average molecular weight is 167 g/mol. The Labute approximate surface area is 72.4 Å². The third-order valence-electron chi connectivity index (χ3n) is 2.34. The van der Waals surface area contributed by atoms with Crippen molar-refractivity contribution in [1.82, 2.24) is 4.90 Å². The molecule has 1 amide bonds. The molecule has 1 N–H and O–H groups in total. The van der Waals surface area contributed by atoms with Gasteiger partial charge in [-0.3, -0.25) is 4.79 Å². The number of rotatable bonds is 1. The van der Waals surface area contributed by atoms with Crippen LogP contribution < -0.4 is 0 Å². The van der Waals surface area contributed by atoms with Crippen LogP contribution in [0.1, 0.15) is 13.3 Å². The van der Waals surface area contributed by atoms with Crippen LogP contribution in [-0.2, 0) is 4.79 Å². The molecular formula is C9H13NO2. The molecule has 0 radical (unpaired) electrons. The number of hydrogen-bond donors (Lipinski definition) is 1. The first-order valence-corrected chi connectivity index (χ1v) is 4.12. The number of carbonyl (C=O) groups excluding carboxylic acids is 1. The summed E-state index contributed by atoms with van der Waals surface area (Å²) in [7, 11) is 0. The van der Waals surface area contributed by atoms with Crippen LogP contribution in [0.2, 0.25) is 0 Å². The molecule has 1 heterocycles. The second kappa shape index (κ2) is 3.59. The van der Waals surface area contributed by atoms with E-state index in [2.05, 4.69) is 0 Å². The number of carbonyl (C=O) groups is 1. The van der Waals surface area contributed by atoms with Crippen LogP contribution in [0.3, 0.4) is 0 Å². The lowest BCUT2D eigenvalue weighted by Gasteiger charge is -2.10. The molecule has 0 saturated carbocycles. The zero-order valence-corrected chi connectivity index (χ0v) is 7.16. The van der Waals surface area contributed by atoms with Crippen molar-refractivity contribution in [2.75, 3.05) is 13.1 Å². The highest BCUT2D eigenvalue weighted by Gasteiger charge is 2.31. The summed E-state index contributed by atoms with van der Waals surface area (Å²) in [6, 6.07) is 0. The molecule has 3 heteroatoms. The van der Waals surface area contributed by atoms with Crippen LogP contribution in [0, 0.1) is 18.3 Å². The number of β-amino-alcohol motifs (C(OH)–C–C–N with tert-alkyl or cyclic N) is 1. The van der Waals surface area contributed by atoms with Gasteiger partial charge in [0.25, 0.3) is 5.91 Å². The van der Waals surface area contributed by atoms with Gasteiger partial charge in [0.2, 0.25) is 0 Å². The fourth-order valence-electron chi connectivity index (χ4n) is 1.51. The normalized spacial score (nSPS) is 28.6. The summed E-state index contributed by atoms with van der Waals surface area (Å²) in [5.74, 6) is 1.93. The second-order valence-corrected chi connectivity index (χ2v) is 3.09. The first-order chi connectivity index (χ1) is 5.69. The van der Waals surface area contributed by atoms with E-state index in [1.807, 2.05) is 12.8 Å². The van der Waals surface area contributed by atoms with Gasteiger partial charge in [-0.15, -0.1) is 6.42 Å². The molecule has 0 aromatic heterocycles. The van der Waals surface area contributed by atoms with Crippen LogP contribution in [0.5, 0.6) is 0 Å². The van der Waals surface area contributed by atoms with Crippen molar-refractivity contribution in [3.05, 3.63) is 0 Å². The molecule has 12 heavy (non-hydrogen) atoms. The molecule has 1 aliphatic rings. The zero-order chi connectivity index (χ0) is 9.14. The molecule has 1 rings (SSSR count). The number of hydrogen-bond acceptors (Lipinski definition) is 2. The Kier molecular flexibility index (Phi) is 2.72. The van der Waals surface area contributed by atoms with E-state index in [-0.39, 0.29) is 11.8 Å². The van der Waals surface area contributed by atoms with Gasteiger partial charge in [0.15, 0.2) is 0 Å². The molecule has 1 fully saturated rings. The fraction of sp³-hybridized carbons (Fsp3) is 0.667. The Balaban J connectivity index is 2.55. The van der Waals surface area contributed by atoms with Crippen LogP contribution in [0.15, 0.2) is 0 Å². The Morgan fingerprint density at radius 2 is 2.42 bits per heavy atom. The number of amides is 1. The maximum atomic E-state index is 11.0. The van der Waals surface area contributed by atoms with Crippen LogP contribution in [0.25, 0.3) is 0 Å². The number of aliphatic hydroxyl groups excluding tert-OH is 1. The molecule has 0 spiro atoms. The van der Waals surface area contributed by atoms with E-state index in [1.54, 1.807) is 0 Å². The van der Waals surface area contributed by atoms with Gasteiger partial charge in [0.1, 0.15) is 0 Å². The molecule has 0 aliphatic carbocycles. The fourth-order valence-corrected chi connectivity index (χ4v) is 1.51. The maximum Gasteiger partial charge on any atom is 0.298 e. The van der Waals surface area contributed by atoms with E-state index in [4.69, 9.17) is 6.42 Å². The van der Waals surface area contributed by atoms with Crippen molar-refractivity contribution < 1.29 is 9.90 Å². The molecule has 1 aliphatic heterocycles. The van der Waals surface area contributed by atoms with Crippen LogP contribution >= 0.6 is 0 Å². The Bertz CT molecular complexity index is 219. The highest BCUT2D eigenvalue weighted by Crippen LogP contribution is 2.19. The monoisotopic (exact) mass is 167 g/mol. The highest BCUT2D eigenvalue weighted by molar-refractivity contribution is 5.93. The predicted octanol–water partition coefficient (Wildman–Crippen LogP) is -0.151. The Morgan fingerprint density at radius 3 is 2.83 bits per heavy atom. The molecule has 2 unspecified atom stereocenters. The minimum Gasteiger partial charge on any atom is -0.391 e. The smallest absolute Gasteiger partial charge is 0.298 e. The van der Waals surface area contributed by atoms with E-state index in [1.165, 1.54) is 4.90 Å². The molecule has 1 saturated heterocycles. The van der Waals surface area contributed by atoms with E-state index in [9.17, 15) is 9.90 Å². The van der Waals surface area contributed by atoms with Crippen molar-refractivity contribution >= 4 is 5.91 Å². The lowest BCUT2D eigenvalue weighted by Crippen LogP contribution is -2.27. The quantitative estimate of drug-likeness (QED) is 0.552. The lowest BCUT2D eigenvalue weighted by molar-refractivity contribution is -0.124. The van der Waals surface area contributed by atoms with Gasteiger partial charge < -0.3 is 10.0 Å². The van der Waals surface area contributed by atoms with E-state index < -0.39 is 6.10 Å². The van der Waals surface area contributed by atoms with Crippen molar-refractivity contribution in [3.63, 3.8) is 0 Å². The molecule has 0 aromatic rings. The first-order valence-electron chi connectivity index (χ1n) is 4.12. The predicted molar refractivity (Wildman–Crippen MR) is 45.2 cm³/mol. The summed E-state index contributed by atoms with van der Waals surface area (Å²) in [4.78, 5) is 12.5. The summed E-state index contributed by atoms with van der Waals surface area (Å²) >= 11 is 0. The standard InChI is InChI=1S/C9H13NO2/c1-3-7-5-10(6-8(7)11)9(12)4-2/h2,7-8,11H,3,5-6H2,1H3. The maximum absolute atomic E-state index is 11.0. The van der Waals surface area contributed by atoms with Crippen molar-refractivity contribution in [2.24, 2.45) is 5.92 Å². The number of likely N-dealkylation sites (tertiary alicyclic amines) is 1. The second-order valence-electron chi connectivity index (χ2n) is 3.09. The first kappa shape index (κ1) is 9.08. The minimum atomic E-state index is -0.396. The SMILES string of the molecule is C#CC(=O)N1CC(O)C(CC)C1. The topological polar surface area (TPSA) is 40.5 Å². The van der Waals surface area contributed by atoms with E-state index in [0.29, 0.717) is 13.1 Å². The summed E-state index contributed by atoms with van der Waals surface area (Å²) in [5.41, 5.74) is 0. The van der Waals surface area contributed by atoms with Crippen LogP contribution in [0.4, 0.5) is 0 Å². The van der Waals surface area contributed by atoms with Crippen molar-refractivity contribution in [2.45, 2.75) is 19.4 Å². The van der Waals surface area contributed by atoms with Gasteiger partial charge in [0, 0.05) is 19.0 Å². The minimum absolute atomic E-state index is 0.197. The lowest BCUT2D eigenvalue weighted by atomic mass is 10.0. The summed E-state index contributed by atoms with van der Waals surface area (Å²) < 4.78 is 0. The summed E-state index contributed by atoms with van der Waals surface area (Å²) in [5, 5.41) is 9.44. The van der Waals surface area contributed by atoms with E-state index >= 15 is 0 Å². The molecule has 66 valence electrons. The molecule has 2 atom stereocenters. The number of aliphatic hydroxyl groups is 1. The molecule has 0 aromatic carbocycles.